The van der Waals surface area contributed by atoms with Crippen molar-refractivity contribution >= 4 is 29.1 Å². The van der Waals surface area contributed by atoms with Crippen LogP contribution in [0.15, 0.2) is 23.8 Å². The number of nitriles is 1. The first-order valence-electron chi connectivity index (χ1n) is 5.77. The zero-order chi connectivity index (χ0) is 15.5. The third-order valence-electron chi connectivity index (χ3n) is 2.54. The molecule has 0 spiro atoms. The van der Waals surface area contributed by atoms with E-state index >= 15 is 0 Å². The predicted octanol–water partition coefficient (Wildman–Crippen LogP) is 3.77. The molecule has 0 atom stereocenters. The van der Waals surface area contributed by atoms with Crippen LogP contribution in [0.4, 0.5) is 5.69 Å². The van der Waals surface area contributed by atoms with Crippen molar-refractivity contribution in [3.05, 3.63) is 44.5 Å². The number of carbonyl (C=O) groups is 1. The summed E-state index contributed by atoms with van der Waals surface area (Å²) < 4.78 is 0. The molecule has 0 radical (unpaired) electrons. The molecule has 20 heavy (non-hydrogen) atoms. The topological polar surface area (TPSA) is 84.0 Å². The number of Topliss-reactive ketones (excluding diaryl/α,β-unsaturated/α-hetero) is 1. The van der Waals surface area contributed by atoms with Gasteiger partial charge in [0.1, 0.15) is 6.07 Å². The molecule has 0 bridgehead atoms. The van der Waals surface area contributed by atoms with Crippen molar-refractivity contribution in [3.63, 3.8) is 0 Å². The van der Waals surface area contributed by atoms with Crippen LogP contribution in [0, 0.1) is 26.9 Å². The average molecular weight is 293 g/mol. The Hall–Kier alpha value is -2.19. The lowest BCUT2D eigenvalue weighted by molar-refractivity contribution is -0.384. The van der Waals surface area contributed by atoms with Gasteiger partial charge in [-0.25, -0.2) is 0 Å². The molecule has 0 aliphatic heterocycles. The first-order valence-corrected chi connectivity index (χ1v) is 6.15. The Morgan fingerprint density at radius 1 is 1.45 bits per heavy atom. The zero-order valence-corrected chi connectivity index (χ0v) is 12.1. The summed E-state index contributed by atoms with van der Waals surface area (Å²) in [6.45, 7) is 5.07. The van der Waals surface area contributed by atoms with Crippen molar-refractivity contribution in [1.29, 1.82) is 5.26 Å². The smallest absolute Gasteiger partial charge is 0.270 e. The van der Waals surface area contributed by atoms with Crippen LogP contribution in [0.25, 0.3) is 6.08 Å². The van der Waals surface area contributed by atoms with Gasteiger partial charge in [-0.3, -0.25) is 14.9 Å². The summed E-state index contributed by atoms with van der Waals surface area (Å²) in [4.78, 5) is 22.2. The highest BCUT2D eigenvalue weighted by Gasteiger charge is 2.25. The Morgan fingerprint density at radius 3 is 2.50 bits per heavy atom. The summed E-state index contributed by atoms with van der Waals surface area (Å²) >= 11 is 5.93. The minimum atomic E-state index is -0.714. The molecular weight excluding hydrogens is 280 g/mol. The van der Waals surface area contributed by atoms with E-state index in [0.717, 1.165) is 0 Å². The van der Waals surface area contributed by atoms with Gasteiger partial charge in [0, 0.05) is 28.1 Å². The molecule has 0 amide bonds. The maximum absolute atomic E-state index is 12.1. The van der Waals surface area contributed by atoms with E-state index in [1.165, 1.54) is 24.3 Å². The van der Waals surface area contributed by atoms with E-state index in [0.29, 0.717) is 0 Å². The fourth-order valence-corrected chi connectivity index (χ4v) is 1.64. The van der Waals surface area contributed by atoms with Crippen LogP contribution in [-0.4, -0.2) is 10.7 Å². The summed E-state index contributed by atoms with van der Waals surface area (Å²) in [6.07, 6.45) is 1.28. The van der Waals surface area contributed by atoms with E-state index in [1.807, 2.05) is 6.07 Å². The molecule has 6 heteroatoms. The van der Waals surface area contributed by atoms with E-state index in [4.69, 9.17) is 16.9 Å². The SMILES string of the molecule is CC(C)(C)C(=O)/C(C#N)=C/c1cc([N+](=O)[O-])ccc1Cl. The number of rotatable bonds is 3. The molecule has 0 N–H and O–H groups in total. The fraction of sp³-hybridized carbons (Fsp3) is 0.286. The molecule has 1 aromatic carbocycles. The molecule has 1 rings (SSSR count). The first-order chi connectivity index (χ1) is 9.16. The number of hydrogen-bond acceptors (Lipinski definition) is 4. The van der Waals surface area contributed by atoms with Crippen molar-refractivity contribution in [1.82, 2.24) is 0 Å². The maximum Gasteiger partial charge on any atom is 0.270 e. The van der Waals surface area contributed by atoms with Crippen LogP contribution >= 0.6 is 11.6 Å². The molecule has 0 heterocycles. The number of nitro benzene ring substituents is 1. The second kappa shape index (κ2) is 5.85. The van der Waals surface area contributed by atoms with Gasteiger partial charge in [0.2, 0.25) is 0 Å². The highest BCUT2D eigenvalue weighted by atomic mass is 35.5. The van der Waals surface area contributed by atoms with E-state index in [9.17, 15) is 14.9 Å². The summed E-state index contributed by atoms with van der Waals surface area (Å²) in [5, 5.41) is 20.0. The molecule has 5 nitrogen and oxygen atoms in total. The maximum atomic E-state index is 12.1. The van der Waals surface area contributed by atoms with Gasteiger partial charge in [0.05, 0.1) is 10.5 Å². The molecule has 0 aliphatic rings. The standard InChI is InChI=1S/C14H13ClN2O3/c1-14(2,3)13(18)10(8-16)6-9-7-11(17(19)20)4-5-12(9)15/h4-7H,1-3H3/b10-6+. The van der Waals surface area contributed by atoms with Crippen molar-refractivity contribution in [2.24, 2.45) is 5.41 Å². The van der Waals surface area contributed by atoms with Gasteiger partial charge in [-0.1, -0.05) is 32.4 Å². The van der Waals surface area contributed by atoms with Gasteiger partial charge >= 0.3 is 0 Å². The largest absolute Gasteiger partial charge is 0.293 e. The number of ketones is 1. The summed E-state index contributed by atoms with van der Waals surface area (Å²) in [7, 11) is 0. The van der Waals surface area contributed by atoms with Gasteiger partial charge in [-0.15, -0.1) is 0 Å². The van der Waals surface area contributed by atoms with Crippen LogP contribution < -0.4 is 0 Å². The fourth-order valence-electron chi connectivity index (χ4n) is 1.46. The van der Waals surface area contributed by atoms with Gasteiger partial charge in [-0.05, 0) is 12.1 Å². The molecule has 104 valence electrons. The molecule has 0 unspecified atom stereocenters. The number of nitro groups is 1. The summed E-state index contributed by atoms with van der Waals surface area (Å²) in [6, 6.07) is 5.67. The number of carbonyl (C=O) groups excluding carboxylic acids is 1. The Morgan fingerprint density at radius 2 is 2.05 bits per heavy atom. The quantitative estimate of drug-likeness (QED) is 0.367. The third-order valence-corrected chi connectivity index (χ3v) is 2.88. The Balaban J connectivity index is 3.34. The third kappa shape index (κ3) is 3.65. The minimum absolute atomic E-state index is 0.0834. The molecule has 1 aromatic rings. The summed E-state index contributed by atoms with van der Waals surface area (Å²) in [5.41, 5.74) is -0.676. The predicted molar refractivity (Wildman–Crippen MR) is 76.2 cm³/mol. The zero-order valence-electron chi connectivity index (χ0n) is 11.3. The van der Waals surface area contributed by atoms with Crippen molar-refractivity contribution in [2.45, 2.75) is 20.8 Å². The second-order valence-electron chi connectivity index (χ2n) is 5.21. The van der Waals surface area contributed by atoms with Gasteiger partial charge in [-0.2, -0.15) is 5.26 Å². The van der Waals surface area contributed by atoms with Crippen molar-refractivity contribution in [3.8, 4) is 6.07 Å². The molecule has 0 aliphatic carbocycles. The minimum Gasteiger partial charge on any atom is -0.293 e. The Labute approximate surface area is 121 Å². The molecule has 0 fully saturated rings. The normalized spacial score (nSPS) is 11.8. The van der Waals surface area contributed by atoms with E-state index in [1.54, 1.807) is 20.8 Å². The van der Waals surface area contributed by atoms with E-state index in [-0.39, 0.29) is 27.6 Å². The Kier molecular flexibility index (Phi) is 4.64. The summed E-state index contributed by atoms with van der Waals surface area (Å²) in [5.74, 6) is -0.345. The van der Waals surface area contributed by atoms with Crippen LogP contribution in [0.3, 0.4) is 0 Å². The monoisotopic (exact) mass is 292 g/mol. The van der Waals surface area contributed by atoms with Gasteiger partial charge in [0.15, 0.2) is 5.78 Å². The first kappa shape index (κ1) is 15.9. The molecule has 0 saturated carbocycles. The van der Waals surface area contributed by atoms with Gasteiger partial charge in [0.25, 0.3) is 5.69 Å². The highest BCUT2D eigenvalue weighted by molar-refractivity contribution is 6.32. The molecule has 0 saturated heterocycles. The van der Waals surface area contributed by atoms with Gasteiger partial charge < -0.3 is 0 Å². The lowest BCUT2D eigenvalue weighted by atomic mass is 9.86. The number of non-ortho nitro benzene ring substituents is 1. The van der Waals surface area contributed by atoms with Crippen molar-refractivity contribution < 1.29 is 9.72 Å². The lowest BCUT2D eigenvalue weighted by Crippen LogP contribution is -2.21. The number of halogens is 1. The van der Waals surface area contributed by atoms with E-state index < -0.39 is 10.3 Å². The van der Waals surface area contributed by atoms with E-state index in [2.05, 4.69) is 0 Å². The molecular formula is C14H13ClN2O3. The number of allylic oxidation sites excluding steroid dienone is 1. The van der Waals surface area contributed by atoms with Crippen LogP contribution in [0.2, 0.25) is 5.02 Å². The van der Waals surface area contributed by atoms with Crippen LogP contribution in [0.5, 0.6) is 0 Å². The number of nitrogens with zero attached hydrogens (tertiary/aromatic N) is 2. The lowest BCUT2D eigenvalue weighted by Gasteiger charge is -2.15. The van der Waals surface area contributed by atoms with Crippen LogP contribution in [-0.2, 0) is 4.79 Å². The number of benzene rings is 1. The average Bonchev–Trinajstić information content (AvgIpc) is 2.35. The Bertz CT molecular complexity index is 637. The highest BCUT2D eigenvalue weighted by Crippen LogP contribution is 2.26. The second-order valence-corrected chi connectivity index (χ2v) is 5.62. The van der Waals surface area contributed by atoms with Crippen molar-refractivity contribution in [2.75, 3.05) is 0 Å². The molecule has 0 aromatic heterocycles. The number of hydrogen-bond donors (Lipinski definition) is 0. The van der Waals surface area contributed by atoms with Crippen LogP contribution in [0.1, 0.15) is 26.3 Å².